The minimum atomic E-state index is 0.120. The summed E-state index contributed by atoms with van der Waals surface area (Å²) in [6.07, 6.45) is 0. The van der Waals surface area contributed by atoms with Crippen molar-refractivity contribution in [2.24, 2.45) is 0 Å². The van der Waals surface area contributed by atoms with Crippen molar-refractivity contribution >= 4 is 88.4 Å². The summed E-state index contributed by atoms with van der Waals surface area (Å²) in [7, 11) is 32.4. The van der Waals surface area contributed by atoms with Crippen molar-refractivity contribution in [1.29, 1.82) is 0 Å². The molecule has 0 fully saturated rings. The van der Waals surface area contributed by atoms with E-state index >= 15 is 0 Å². The Morgan fingerprint density at radius 1 is 0.303 bits per heavy atom. The minimum absolute atomic E-state index is 0.120. The summed E-state index contributed by atoms with van der Waals surface area (Å²) >= 11 is 0. The van der Waals surface area contributed by atoms with E-state index in [4.69, 9.17) is 64.2 Å². The Bertz CT molecular complexity index is 3560. The van der Waals surface area contributed by atoms with Gasteiger partial charge in [-0.15, -0.1) is 16.4 Å². The van der Waals surface area contributed by atoms with Gasteiger partial charge in [-0.05, 0) is 53.1 Å². The second-order valence-corrected chi connectivity index (χ2v) is 16.0. The Morgan fingerprint density at radius 2 is 0.773 bits per heavy atom. The molecule has 3 aromatic heterocycles. The summed E-state index contributed by atoms with van der Waals surface area (Å²) in [5, 5.41) is 2.21. The summed E-state index contributed by atoms with van der Waals surface area (Å²) in [6, 6.07) is 63.1. The van der Waals surface area contributed by atoms with Crippen LogP contribution in [0.4, 0.5) is 0 Å². The molecule has 0 bridgehead atoms. The molecular weight excluding hydrogens is 799 g/mol. The summed E-state index contributed by atoms with van der Waals surface area (Å²) < 4.78 is 2.29. The van der Waals surface area contributed by atoms with Crippen LogP contribution in [0.2, 0.25) is 0 Å². The van der Waals surface area contributed by atoms with Gasteiger partial charge in [0, 0.05) is 38.6 Å². The van der Waals surface area contributed by atoms with E-state index in [0.717, 1.165) is 55.3 Å². The van der Waals surface area contributed by atoms with Gasteiger partial charge in [-0.3, -0.25) is 0 Å². The van der Waals surface area contributed by atoms with Gasteiger partial charge in [0.15, 0.2) is 23.3 Å². The molecule has 66 heavy (non-hydrogen) atoms. The molecule has 0 aliphatic carbocycles. The van der Waals surface area contributed by atoms with Gasteiger partial charge in [-0.2, -0.15) is 0 Å². The lowest BCUT2D eigenvalue weighted by molar-refractivity contribution is 1.06. The number of rotatable bonds is 8. The van der Waals surface area contributed by atoms with Crippen LogP contribution < -0.4 is 27.3 Å². The van der Waals surface area contributed by atoms with Crippen molar-refractivity contribution in [2.45, 2.75) is 0 Å². The first kappa shape index (κ1) is 40.7. The first-order valence-electron chi connectivity index (χ1n) is 21.4. The van der Waals surface area contributed by atoms with Gasteiger partial charge in [0.2, 0.25) is 0 Å². The van der Waals surface area contributed by atoms with Crippen molar-refractivity contribution < 1.29 is 0 Å². The van der Waals surface area contributed by atoms with Crippen LogP contribution in [-0.4, -0.2) is 68.7 Å². The number of hydrogen-bond donors (Lipinski definition) is 0. The van der Waals surface area contributed by atoms with Crippen LogP contribution in [0, 0.1) is 0 Å². The molecular formula is C55H31B5N6. The molecule has 0 aliphatic heterocycles. The Labute approximate surface area is 389 Å². The molecule has 11 heteroatoms. The molecule has 0 saturated carbocycles. The lowest BCUT2D eigenvalue weighted by atomic mass is 9.60. The normalized spacial score (nSPS) is 11.3. The lowest BCUT2D eigenvalue weighted by Crippen LogP contribution is -2.55. The molecule has 0 atom stereocenters. The highest BCUT2D eigenvalue weighted by Crippen LogP contribution is 2.40. The van der Waals surface area contributed by atoms with Crippen molar-refractivity contribution in [3.63, 3.8) is 0 Å². The van der Waals surface area contributed by atoms with Crippen molar-refractivity contribution in [3.8, 4) is 84.9 Å². The van der Waals surface area contributed by atoms with Crippen molar-refractivity contribution in [1.82, 2.24) is 29.5 Å². The Kier molecular flexibility index (Phi) is 10.4. The molecule has 11 rings (SSSR count). The lowest BCUT2D eigenvalue weighted by Gasteiger charge is -2.21. The number of benzene rings is 8. The van der Waals surface area contributed by atoms with Gasteiger partial charge in [0.05, 0.1) is 28.1 Å². The zero-order chi connectivity index (χ0) is 44.9. The molecule has 296 valence electrons. The molecule has 11 aromatic rings. The third kappa shape index (κ3) is 7.23. The van der Waals surface area contributed by atoms with Crippen molar-refractivity contribution in [3.05, 3.63) is 188 Å². The summed E-state index contributed by atoms with van der Waals surface area (Å²) in [6.45, 7) is 0. The third-order valence-corrected chi connectivity index (χ3v) is 12.0. The maximum absolute atomic E-state index is 6.67. The SMILES string of the molecule is [B]c1c([B])c([B])c(-c2cc(-c3ccccc3)nc(-c3ccc(-n4c5ccccc5c5ccc(-c6ccccc6)cc54)c(-c4nc(-c5ccccc5)nc(-c5ccccc5)n4)c3)n2)c([B])c1[B]. The molecule has 0 aliphatic rings. The Morgan fingerprint density at radius 3 is 1.39 bits per heavy atom. The predicted octanol–water partition coefficient (Wildman–Crippen LogP) is 7.40. The molecule has 0 spiro atoms. The average Bonchev–Trinajstić information content (AvgIpc) is 3.71. The topological polar surface area (TPSA) is 69.4 Å². The quantitative estimate of drug-likeness (QED) is 0.150. The van der Waals surface area contributed by atoms with Gasteiger partial charge >= 0.3 is 0 Å². The van der Waals surface area contributed by atoms with Crippen LogP contribution in [0.15, 0.2) is 188 Å². The second kappa shape index (κ2) is 16.8. The van der Waals surface area contributed by atoms with Gasteiger partial charge in [0.1, 0.15) is 39.2 Å². The molecule has 3 heterocycles. The van der Waals surface area contributed by atoms with Gasteiger partial charge in [-0.1, -0.05) is 163 Å². The fraction of sp³-hybridized carbons (Fsp3) is 0. The smallest absolute Gasteiger partial charge is 0.166 e. The van der Waals surface area contributed by atoms with E-state index in [1.165, 1.54) is 0 Å². The number of para-hydroxylation sites is 1. The fourth-order valence-corrected chi connectivity index (χ4v) is 8.61. The maximum atomic E-state index is 6.67. The molecule has 0 amide bonds. The van der Waals surface area contributed by atoms with E-state index in [1.807, 2.05) is 115 Å². The molecule has 8 aromatic carbocycles. The predicted molar refractivity (Wildman–Crippen MR) is 275 cm³/mol. The van der Waals surface area contributed by atoms with E-state index in [2.05, 4.69) is 77.4 Å². The fourth-order valence-electron chi connectivity index (χ4n) is 8.61. The largest absolute Gasteiger partial charge is 0.308 e. The molecule has 0 N–H and O–H groups in total. The number of fused-ring (bicyclic) bond motifs is 3. The molecule has 10 radical (unpaired) electrons. The standard InChI is InChI=1S/C55H31B5N6/c56-47-46(48(57)50(59)51(60)49(47)58)42-31-41(33-17-7-2-8-18-33)61-54(62-42)37-26-28-44(66-43-24-14-13-23-38(43)39-27-25-36(30-45(39)66)32-15-5-1-6-16-32)40(29-37)55-64-52(34-19-9-3-10-20-34)63-53(65-55)35-21-11-4-12-22-35/h1-31H. The van der Waals surface area contributed by atoms with E-state index in [1.54, 1.807) is 0 Å². The zero-order valence-corrected chi connectivity index (χ0v) is 35.5. The van der Waals surface area contributed by atoms with E-state index < -0.39 is 0 Å². The molecule has 6 nitrogen and oxygen atoms in total. The van der Waals surface area contributed by atoms with E-state index in [0.29, 0.717) is 51.4 Å². The first-order chi connectivity index (χ1) is 32.3. The van der Waals surface area contributed by atoms with Crippen LogP contribution in [0.3, 0.4) is 0 Å². The van der Waals surface area contributed by atoms with Gasteiger partial charge < -0.3 is 4.57 Å². The highest BCUT2D eigenvalue weighted by Gasteiger charge is 2.23. The first-order valence-corrected chi connectivity index (χ1v) is 21.4. The highest BCUT2D eigenvalue weighted by atomic mass is 15.1. The summed E-state index contributed by atoms with van der Waals surface area (Å²) in [5.74, 6) is 1.90. The minimum Gasteiger partial charge on any atom is -0.308 e. The summed E-state index contributed by atoms with van der Waals surface area (Å²) in [4.78, 5) is 25.9. The van der Waals surface area contributed by atoms with Crippen LogP contribution in [0.5, 0.6) is 0 Å². The zero-order valence-electron chi connectivity index (χ0n) is 35.5. The highest BCUT2D eigenvalue weighted by molar-refractivity contribution is 6.68. The Hall–Kier alpha value is -8.03. The number of aromatic nitrogens is 6. The second-order valence-electron chi connectivity index (χ2n) is 16.0. The van der Waals surface area contributed by atoms with E-state index in [-0.39, 0.29) is 27.3 Å². The number of nitrogens with zero attached hydrogens (tertiary/aromatic N) is 6. The van der Waals surface area contributed by atoms with E-state index in [9.17, 15) is 0 Å². The number of hydrogen-bond acceptors (Lipinski definition) is 5. The van der Waals surface area contributed by atoms with Gasteiger partial charge in [-0.25, -0.2) is 24.9 Å². The third-order valence-electron chi connectivity index (χ3n) is 12.0. The monoisotopic (exact) mass is 830 g/mol. The van der Waals surface area contributed by atoms with Crippen LogP contribution >= 0.6 is 0 Å². The van der Waals surface area contributed by atoms with Gasteiger partial charge in [0.25, 0.3) is 0 Å². The molecule has 0 saturated heterocycles. The molecule has 0 unspecified atom stereocenters. The van der Waals surface area contributed by atoms with Crippen molar-refractivity contribution in [2.75, 3.05) is 0 Å². The van der Waals surface area contributed by atoms with Crippen LogP contribution in [0.1, 0.15) is 0 Å². The Balaban J connectivity index is 1.22. The van der Waals surface area contributed by atoms with Crippen LogP contribution in [-0.2, 0) is 0 Å². The average molecular weight is 830 g/mol. The summed E-state index contributed by atoms with van der Waals surface area (Å²) in [5.41, 5.74) is 11.2. The maximum Gasteiger partial charge on any atom is 0.166 e. The van der Waals surface area contributed by atoms with Crippen LogP contribution in [0.25, 0.3) is 107 Å².